The van der Waals surface area contributed by atoms with Gasteiger partial charge in [0.1, 0.15) is 5.75 Å². The molecule has 0 bridgehead atoms. The maximum atomic E-state index is 12.0. The van der Waals surface area contributed by atoms with Crippen molar-refractivity contribution in [2.75, 3.05) is 0 Å². The number of hydrogen-bond donors (Lipinski definition) is 2. The molecule has 0 saturated carbocycles. The van der Waals surface area contributed by atoms with Crippen molar-refractivity contribution in [3.8, 4) is 5.75 Å². The lowest BCUT2D eigenvalue weighted by atomic mass is 10.1. The van der Waals surface area contributed by atoms with Crippen LogP contribution in [0.5, 0.6) is 5.75 Å². The summed E-state index contributed by atoms with van der Waals surface area (Å²) in [5.74, 6) is -0.685. The number of hydrogen-bond acceptors (Lipinski definition) is 4. The number of ether oxygens (including phenoxy) is 1. The van der Waals surface area contributed by atoms with Crippen LogP contribution in [0.3, 0.4) is 0 Å². The van der Waals surface area contributed by atoms with E-state index in [2.05, 4.69) is 5.43 Å². The first-order valence-electron chi connectivity index (χ1n) is 6.07. The van der Waals surface area contributed by atoms with E-state index < -0.39 is 11.9 Å². The molecule has 0 aliphatic heterocycles. The monoisotopic (exact) mass is 284 g/mol. The Hall–Kier alpha value is -3.15. The SMILES string of the molecule is O=CNNC(=O)c1cccc(C(=O)Oc2ccccc2)c1. The van der Waals surface area contributed by atoms with Crippen LogP contribution in [0.2, 0.25) is 0 Å². The maximum Gasteiger partial charge on any atom is 0.343 e. The minimum Gasteiger partial charge on any atom is -0.423 e. The summed E-state index contributed by atoms with van der Waals surface area (Å²) >= 11 is 0. The van der Waals surface area contributed by atoms with E-state index in [9.17, 15) is 14.4 Å². The summed E-state index contributed by atoms with van der Waals surface area (Å²) in [4.78, 5) is 33.7. The highest BCUT2D eigenvalue weighted by Crippen LogP contribution is 2.12. The number of carbonyl (C=O) groups excluding carboxylic acids is 3. The maximum absolute atomic E-state index is 12.0. The fourth-order valence-electron chi connectivity index (χ4n) is 1.61. The molecule has 21 heavy (non-hydrogen) atoms. The van der Waals surface area contributed by atoms with E-state index in [4.69, 9.17) is 4.74 Å². The van der Waals surface area contributed by atoms with Gasteiger partial charge in [0.05, 0.1) is 5.56 Å². The average molecular weight is 284 g/mol. The lowest BCUT2D eigenvalue weighted by molar-refractivity contribution is -0.110. The number of nitrogens with one attached hydrogen (secondary N) is 2. The summed E-state index contributed by atoms with van der Waals surface area (Å²) in [6.45, 7) is 0. The molecule has 2 rings (SSSR count). The van der Waals surface area contributed by atoms with Gasteiger partial charge in [-0.3, -0.25) is 20.4 Å². The molecular weight excluding hydrogens is 272 g/mol. The highest BCUT2D eigenvalue weighted by atomic mass is 16.5. The zero-order valence-electron chi connectivity index (χ0n) is 10.9. The minimum atomic E-state index is -0.570. The van der Waals surface area contributed by atoms with Crippen molar-refractivity contribution in [2.24, 2.45) is 0 Å². The Morgan fingerprint density at radius 1 is 0.952 bits per heavy atom. The van der Waals surface area contributed by atoms with Gasteiger partial charge in [-0.2, -0.15) is 0 Å². The topological polar surface area (TPSA) is 84.5 Å². The van der Waals surface area contributed by atoms with Crippen LogP contribution in [-0.4, -0.2) is 18.3 Å². The summed E-state index contributed by atoms with van der Waals surface area (Å²) in [6.07, 6.45) is 0.339. The van der Waals surface area contributed by atoms with Crippen molar-refractivity contribution in [1.29, 1.82) is 0 Å². The first kappa shape index (κ1) is 14.3. The van der Waals surface area contributed by atoms with Crippen molar-refractivity contribution >= 4 is 18.3 Å². The molecule has 106 valence electrons. The van der Waals surface area contributed by atoms with Gasteiger partial charge in [-0.05, 0) is 30.3 Å². The zero-order chi connectivity index (χ0) is 15.1. The predicted octanol–water partition coefficient (Wildman–Crippen LogP) is 1.30. The smallest absolute Gasteiger partial charge is 0.343 e. The van der Waals surface area contributed by atoms with Crippen LogP contribution in [0.25, 0.3) is 0 Å². The van der Waals surface area contributed by atoms with Crippen LogP contribution in [-0.2, 0) is 4.79 Å². The lowest BCUT2D eigenvalue weighted by Gasteiger charge is -2.06. The van der Waals surface area contributed by atoms with Crippen molar-refractivity contribution in [2.45, 2.75) is 0 Å². The number of rotatable bonds is 5. The highest BCUT2D eigenvalue weighted by Gasteiger charge is 2.12. The molecule has 0 aromatic heterocycles. The second kappa shape index (κ2) is 6.85. The van der Waals surface area contributed by atoms with E-state index in [-0.39, 0.29) is 11.1 Å². The molecule has 0 saturated heterocycles. The first-order chi connectivity index (χ1) is 10.2. The van der Waals surface area contributed by atoms with Gasteiger partial charge in [0.2, 0.25) is 6.41 Å². The largest absolute Gasteiger partial charge is 0.423 e. The second-order valence-electron chi connectivity index (χ2n) is 4.00. The van der Waals surface area contributed by atoms with Gasteiger partial charge in [-0.15, -0.1) is 0 Å². The third kappa shape index (κ3) is 3.90. The number of esters is 1. The van der Waals surface area contributed by atoms with Gasteiger partial charge in [0.25, 0.3) is 5.91 Å². The zero-order valence-corrected chi connectivity index (χ0v) is 10.9. The average Bonchev–Trinajstić information content (AvgIpc) is 2.53. The molecule has 0 aliphatic carbocycles. The van der Waals surface area contributed by atoms with Crippen LogP contribution in [0.1, 0.15) is 20.7 Å². The van der Waals surface area contributed by atoms with Crippen LogP contribution in [0.15, 0.2) is 54.6 Å². The molecule has 0 heterocycles. The molecule has 0 fully saturated rings. The Morgan fingerprint density at radius 3 is 2.38 bits per heavy atom. The van der Waals surface area contributed by atoms with Gasteiger partial charge < -0.3 is 4.74 Å². The Bertz CT molecular complexity index is 656. The van der Waals surface area contributed by atoms with E-state index in [0.717, 1.165) is 0 Å². The summed E-state index contributed by atoms with van der Waals surface area (Å²) in [6, 6.07) is 14.6. The van der Waals surface area contributed by atoms with E-state index in [1.54, 1.807) is 30.3 Å². The van der Waals surface area contributed by atoms with Crippen molar-refractivity contribution in [3.05, 3.63) is 65.7 Å². The van der Waals surface area contributed by atoms with Crippen molar-refractivity contribution < 1.29 is 19.1 Å². The second-order valence-corrected chi connectivity index (χ2v) is 4.00. The van der Waals surface area contributed by atoms with Crippen LogP contribution >= 0.6 is 0 Å². The number of amides is 2. The number of hydrazine groups is 1. The Kier molecular flexibility index (Phi) is 4.66. The summed E-state index contributed by atoms with van der Waals surface area (Å²) < 4.78 is 5.17. The summed E-state index contributed by atoms with van der Waals surface area (Å²) in [7, 11) is 0. The quantitative estimate of drug-likeness (QED) is 0.375. The van der Waals surface area contributed by atoms with Gasteiger partial charge in [-0.1, -0.05) is 24.3 Å². The molecule has 2 aromatic rings. The summed E-state index contributed by atoms with van der Waals surface area (Å²) in [5, 5.41) is 0. The molecule has 2 amide bonds. The van der Waals surface area contributed by atoms with E-state index in [1.165, 1.54) is 18.2 Å². The lowest BCUT2D eigenvalue weighted by Crippen LogP contribution is -2.36. The third-order valence-electron chi connectivity index (χ3n) is 2.56. The Labute approximate surface area is 120 Å². The van der Waals surface area contributed by atoms with E-state index >= 15 is 0 Å². The minimum absolute atomic E-state index is 0.229. The van der Waals surface area contributed by atoms with E-state index in [1.807, 2.05) is 11.5 Å². The molecule has 0 radical (unpaired) electrons. The standard InChI is InChI=1S/C15H12N2O4/c18-10-16-17-14(19)11-5-4-6-12(9-11)15(20)21-13-7-2-1-3-8-13/h1-10H,(H,16,18)(H,17,19). The molecule has 0 spiro atoms. The number of carbonyl (C=O) groups is 3. The predicted molar refractivity (Wildman–Crippen MR) is 74.5 cm³/mol. The molecule has 2 aromatic carbocycles. The number of para-hydroxylation sites is 1. The van der Waals surface area contributed by atoms with Gasteiger partial charge in [-0.25, -0.2) is 4.79 Å². The fraction of sp³-hybridized carbons (Fsp3) is 0. The molecule has 0 unspecified atom stereocenters. The molecule has 2 N–H and O–H groups in total. The third-order valence-corrected chi connectivity index (χ3v) is 2.56. The molecule has 6 nitrogen and oxygen atoms in total. The van der Waals surface area contributed by atoms with Crippen molar-refractivity contribution in [1.82, 2.24) is 10.9 Å². The fourth-order valence-corrected chi connectivity index (χ4v) is 1.61. The van der Waals surface area contributed by atoms with Crippen molar-refractivity contribution in [3.63, 3.8) is 0 Å². The van der Waals surface area contributed by atoms with Gasteiger partial charge in [0.15, 0.2) is 0 Å². The Morgan fingerprint density at radius 2 is 1.67 bits per heavy atom. The molecule has 6 heteroatoms. The normalized spacial score (nSPS) is 9.52. The van der Waals surface area contributed by atoms with Crippen LogP contribution < -0.4 is 15.6 Å². The highest BCUT2D eigenvalue weighted by molar-refractivity contribution is 5.98. The van der Waals surface area contributed by atoms with Crippen LogP contribution in [0.4, 0.5) is 0 Å². The molecular formula is C15H12N2O4. The molecule has 0 aliphatic rings. The molecule has 0 atom stereocenters. The summed E-state index contributed by atoms with van der Waals surface area (Å²) in [5.41, 5.74) is 4.66. The van der Waals surface area contributed by atoms with Gasteiger partial charge in [0, 0.05) is 5.56 Å². The first-order valence-corrected chi connectivity index (χ1v) is 6.07. The van der Waals surface area contributed by atoms with Crippen LogP contribution in [0, 0.1) is 0 Å². The van der Waals surface area contributed by atoms with Gasteiger partial charge >= 0.3 is 5.97 Å². The van der Waals surface area contributed by atoms with E-state index in [0.29, 0.717) is 12.2 Å². The number of benzene rings is 2. The Balaban J connectivity index is 2.11.